The second-order valence-corrected chi connectivity index (χ2v) is 10.3. The zero-order chi connectivity index (χ0) is 22.1. The molecule has 9 nitrogen and oxygen atoms in total. The van der Waals surface area contributed by atoms with Crippen LogP contribution in [-0.2, 0) is 20.0 Å². The van der Waals surface area contributed by atoms with Gasteiger partial charge in [0.15, 0.2) is 0 Å². The lowest BCUT2D eigenvalue weighted by molar-refractivity contribution is 0.0696. The lowest BCUT2D eigenvalue weighted by atomic mass is 10.1. The van der Waals surface area contributed by atoms with Crippen LogP contribution in [0.25, 0.3) is 0 Å². The van der Waals surface area contributed by atoms with E-state index < -0.39 is 26.0 Å². The molecule has 0 aliphatic heterocycles. The maximum absolute atomic E-state index is 13.0. The summed E-state index contributed by atoms with van der Waals surface area (Å²) in [4.78, 5) is 10.8. The van der Waals surface area contributed by atoms with Crippen LogP contribution in [0.15, 0.2) is 40.1 Å². The molecule has 0 fully saturated rings. The van der Waals surface area contributed by atoms with Crippen LogP contribution in [-0.4, -0.2) is 53.4 Å². The lowest BCUT2D eigenvalue weighted by Gasteiger charge is -2.18. The molecule has 0 atom stereocenters. The van der Waals surface area contributed by atoms with Gasteiger partial charge in [0.05, 0.1) is 23.3 Å². The van der Waals surface area contributed by atoms with Gasteiger partial charge in [0.25, 0.3) is 10.0 Å². The smallest absolute Gasteiger partial charge is 0.335 e. The quantitative estimate of drug-likeness (QED) is 0.671. The number of nitrogens with one attached hydrogen (secondary N) is 1. The molecule has 0 aliphatic carbocycles. The Kier molecular flexibility index (Phi) is 6.26. The van der Waals surface area contributed by atoms with Crippen LogP contribution in [0.2, 0.25) is 0 Å². The van der Waals surface area contributed by atoms with E-state index in [1.54, 1.807) is 13.8 Å². The Morgan fingerprint density at radius 1 is 1.07 bits per heavy atom. The Balaban J connectivity index is 2.63. The van der Waals surface area contributed by atoms with E-state index in [1.165, 1.54) is 45.5 Å². The molecule has 2 aromatic carbocycles. The summed E-state index contributed by atoms with van der Waals surface area (Å²) < 4.78 is 59.3. The Morgan fingerprint density at radius 3 is 2.21 bits per heavy atom. The van der Waals surface area contributed by atoms with E-state index in [-0.39, 0.29) is 26.8 Å². The largest absolute Gasteiger partial charge is 0.495 e. The molecular formula is C18H22N2O7S2. The van der Waals surface area contributed by atoms with Crippen molar-refractivity contribution in [3.63, 3.8) is 0 Å². The zero-order valence-electron chi connectivity index (χ0n) is 16.5. The number of carboxylic acids is 1. The van der Waals surface area contributed by atoms with Gasteiger partial charge in [-0.25, -0.2) is 25.9 Å². The molecule has 11 heteroatoms. The fraction of sp³-hybridized carbons (Fsp3) is 0.278. The summed E-state index contributed by atoms with van der Waals surface area (Å²) in [6.07, 6.45) is 0. The van der Waals surface area contributed by atoms with E-state index in [9.17, 15) is 21.6 Å². The molecule has 0 bridgehead atoms. The van der Waals surface area contributed by atoms with Gasteiger partial charge in [-0.1, -0.05) is 0 Å². The maximum Gasteiger partial charge on any atom is 0.335 e. The molecule has 2 rings (SSSR count). The summed E-state index contributed by atoms with van der Waals surface area (Å²) >= 11 is 0. The van der Waals surface area contributed by atoms with Crippen molar-refractivity contribution in [3.05, 3.63) is 47.0 Å². The number of carbonyl (C=O) groups is 1. The number of sulfonamides is 2. The summed E-state index contributed by atoms with van der Waals surface area (Å²) in [6.45, 7) is 3.30. The number of nitrogens with zero attached hydrogens (tertiary/aromatic N) is 1. The van der Waals surface area contributed by atoms with Gasteiger partial charge in [-0.3, -0.25) is 4.72 Å². The molecule has 0 saturated heterocycles. The van der Waals surface area contributed by atoms with E-state index in [0.717, 1.165) is 10.4 Å². The number of hydrogen-bond acceptors (Lipinski definition) is 6. The Bertz CT molecular complexity index is 1170. The highest BCUT2D eigenvalue weighted by Crippen LogP contribution is 2.31. The normalized spacial score (nSPS) is 12.1. The number of ether oxygens (including phenoxy) is 1. The Hall–Kier alpha value is -2.63. The summed E-state index contributed by atoms with van der Waals surface area (Å²) in [7, 11) is -4.07. The highest BCUT2D eigenvalue weighted by atomic mass is 32.2. The molecule has 0 unspecified atom stereocenters. The SMILES string of the molecule is COc1ccc(C(=O)O)cc1S(=O)(=O)Nc1cc(S(=O)(=O)N(C)C)cc(C)c1C. The number of anilines is 1. The van der Waals surface area contributed by atoms with Crippen LogP contribution in [0.1, 0.15) is 21.5 Å². The van der Waals surface area contributed by atoms with Gasteiger partial charge in [-0.15, -0.1) is 0 Å². The number of carboxylic acid groups (broad SMARTS) is 1. The minimum Gasteiger partial charge on any atom is -0.495 e. The van der Waals surface area contributed by atoms with Gasteiger partial charge in [-0.2, -0.15) is 0 Å². The fourth-order valence-electron chi connectivity index (χ4n) is 2.51. The number of aryl methyl sites for hydroxylation is 1. The third-order valence-electron chi connectivity index (χ3n) is 4.36. The Labute approximate surface area is 170 Å². The van der Waals surface area contributed by atoms with Crippen LogP contribution in [0.5, 0.6) is 5.75 Å². The van der Waals surface area contributed by atoms with Crippen molar-refractivity contribution in [2.75, 3.05) is 25.9 Å². The standard InChI is InChI=1S/C18H22N2O7S2/c1-11-8-14(29(25,26)20(3)4)10-15(12(11)2)19-28(23,24)17-9-13(18(21)22)6-7-16(17)27-5/h6-10,19H,1-5H3,(H,21,22). The molecule has 0 heterocycles. The number of hydrogen-bond donors (Lipinski definition) is 2. The van der Waals surface area contributed by atoms with Gasteiger partial charge in [0, 0.05) is 14.1 Å². The van der Waals surface area contributed by atoms with Crippen molar-refractivity contribution in [2.45, 2.75) is 23.6 Å². The summed E-state index contributed by atoms with van der Waals surface area (Å²) in [5.74, 6) is -1.34. The van der Waals surface area contributed by atoms with Crippen molar-refractivity contribution in [3.8, 4) is 5.75 Å². The molecule has 158 valence electrons. The minimum atomic E-state index is -4.28. The summed E-state index contributed by atoms with van der Waals surface area (Å²) in [5, 5.41) is 9.16. The first-order valence-electron chi connectivity index (χ1n) is 8.29. The Morgan fingerprint density at radius 2 is 1.69 bits per heavy atom. The van der Waals surface area contributed by atoms with E-state index in [0.29, 0.717) is 11.1 Å². The third kappa shape index (κ3) is 4.52. The molecule has 0 aromatic heterocycles. The average Bonchev–Trinajstić information content (AvgIpc) is 2.64. The summed E-state index contributed by atoms with van der Waals surface area (Å²) in [6, 6.07) is 6.12. The fourth-order valence-corrected chi connectivity index (χ4v) is 4.84. The summed E-state index contributed by atoms with van der Waals surface area (Å²) in [5.41, 5.74) is 0.924. The second-order valence-electron chi connectivity index (χ2n) is 6.48. The van der Waals surface area contributed by atoms with Crippen molar-refractivity contribution in [1.82, 2.24) is 4.31 Å². The molecule has 29 heavy (non-hydrogen) atoms. The molecular weight excluding hydrogens is 420 g/mol. The molecule has 0 amide bonds. The number of benzene rings is 2. The minimum absolute atomic E-state index is 0.0473. The average molecular weight is 443 g/mol. The van der Waals surface area contributed by atoms with E-state index >= 15 is 0 Å². The topological polar surface area (TPSA) is 130 Å². The first kappa shape index (κ1) is 22.7. The van der Waals surface area contributed by atoms with Crippen LogP contribution in [0.3, 0.4) is 0 Å². The van der Waals surface area contributed by atoms with Gasteiger partial charge in [-0.05, 0) is 55.3 Å². The number of methoxy groups -OCH3 is 1. The van der Waals surface area contributed by atoms with Gasteiger partial charge in [0.2, 0.25) is 10.0 Å². The van der Waals surface area contributed by atoms with Crippen LogP contribution < -0.4 is 9.46 Å². The van der Waals surface area contributed by atoms with Crippen LogP contribution >= 0.6 is 0 Å². The van der Waals surface area contributed by atoms with Crippen molar-refractivity contribution >= 4 is 31.7 Å². The van der Waals surface area contributed by atoms with E-state index in [1.807, 2.05) is 0 Å². The monoisotopic (exact) mass is 442 g/mol. The zero-order valence-corrected chi connectivity index (χ0v) is 18.2. The molecule has 0 spiro atoms. The molecule has 2 N–H and O–H groups in total. The highest BCUT2D eigenvalue weighted by molar-refractivity contribution is 7.92. The van der Waals surface area contributed by atoms with Crippen LogP contribution in [0.4, 0.5) is 5.69 Å². The molecule has 2 aromatic rings. The van der Waals surface area contributed by atoms with Gasteiger partial charge in [0.1, 0.15) is 10.6 Å². The first-order chi connectivity index (χ1) is 13.3. The predicted octanol–water partition coefficient (Wildman–Crippen LogP) is 2.06. The van der Waals surface area contributed by atoms with Gasteiger partial charge >= 0.3 is 5.97 Å². The number of rotatable bonds is 7. The highest BCUT2D eigenvalue weighted by Gasteiger charge is 2.25. The molecule has 0 saturated carbocycles. The lowest BCUT2D eigenvalue weighted by Crippen LogP contribution is -2.23. The molecule has 0 radical (unpaired) electrons. The first-order valence-corrected chi connectivity index (χ1v) is 11.2. The predicted molar refractivity (Wildman–Crippen MR) is 108 cm³/mol. The maximum atomic E-state index is 13.0. The van der Waals surface area contributed by atoms with Crippen molar-refractivity contribution in [2.24, 2.45) is 0 Å². The third-order valence-corrected chi connectivity index (χ3v) is 7.54. The van der Waals surface area contributed by atoms with Gasteiger partial charge < -0.3 is 9.84 Å². The molecule has 0 aliphatic rings. The number of aromatic carboxylic acids is 1. The second kappa shape index (κ2) is 8.01. The van der Waals surface area contributed by atoms with E-state index in [2.05, 4.69) is 4.72 Å². The van der Waals surface area contributed by atoms with E-state index in [4.69, 9.17) is 9.84 Å². The van der Waals surface area contributed by atoms with Crippen molar-refractivity contribution in [1.29, 1.82) is 0 Å². The van der Waals surface area contributed by atoms with Crippen molar-refractivity contribution < 1.29 is 31.5 Å². The van der Waals surface area contributed by atoms with Crippen LogP contribution in [0, 0.1) is 13.8 Å².